The average Bonchev–Trinajstić information content (AvgIpc) is 2.82. The summed E-state index contributed by atoms with van der Waals surface area (Å²) in [7, 11) is 3.63. The van der Waals surface area contributed by atoms with Crippen LogP contribution in [0.2, 0.25) is 0 Å². The molecule has 0 bridgehead atoms. The molecule has 1 aliphatic heterocycles. The van der Waals surface area contributed by atoms with E-state index < -0.39 is 0 Å². The molecule has 2 heterocycles. The Morgan fingerprint density at radius 3 is 2.54 bits per heavy atom. The van der Waals surface area contributed by atoms with Gasteiger partial charge in [0.1, 0.15) is 5.82 Å². The number of anilines is 3. The summed E-state index contributed by atoms with van der Waals surface area (Å²) in [5, 5.41) is 6.12. The van der Waals surface area contributed by atoms with Crippen molar-refractivity contribution >= 4 is 23.2 Å². The molecule has 0 unspecified atom stereocenters. The van der Waals surface area contributed by atoms with Crippen molar-refractivity contribution in [2.24, 2.45) is 0 Å². The van der Waals surface area contributed by atoms with Crippen molar-refractivity contribution in [3.05, 3.63) is 60.3 Å². The molecule has 0 saturated heterocycles. The molecule has 0 saturated carbocycles. The Hall–Kier alpha value is -3.38. The van der Waals surface area contributed by atoms with Gasteiger partial charge >= 0.3 is 6.03 Å². The second-order valence-electron chi connectivity index (χ2n) is 6.80. The summed E-state index contributed by atoms with van der Waals surface area (Å²) < 4.78 is 0. The summed E-state index contributed by atoms with van der Waals surface area (Å²) in [6.45, 7) is 0.747. The highest BCUT2D eigenvalue weighted by molar-refractivity contribution is 6.12. The molecule has 2 aromatic carbocycles. The first kappa shape index (κ1) is 18.0. The second kappa shape index (κ2) is 7.32. The topological polar surface area (TPSA) is 83.3 Å². The fourth-order valence-electron chi connectivity index (χ4n) is 3.58. The third-order valence-electron chi connectivity index (χ3n) is 5.03. The first-order chi connectivity index (χ1) is 13.6. The molecule has 0 fully saturated rings. The lowest BCUT2D eigenvalue weighted by atomic mass is 9.91. The van der Waals surface area contributed by atoms with Crippen molar-refractivity contribution in [2.45, 2.75) is 6.42 Å². The highest BCUT2D eigenvalue weighted by Crippen LogP contribution is 2.46. The zero-order valence-electron chi connectivity index (χ0n) is 16.0. The lowest BCUT2D eigenvalue weighted by Crippen LogP contribution is -2.31. The summed E-state index contributed by atoms with van der Waals surface area (Å²) in [6.07, 6.45) is 0.673. The van der Waals surface area contributed by atoms with Gasteiger partial charge in [0, 0.05) is 36.7 Å². The van der Waals surface area contributed by atoms with Crippen LogP contribution in [0.5, 0.6) is 0 Å². The van der Waals surface area contributed by atoms with Gasteiger partial charge in [-0.05, 0) is 18.7 Å². The van der Waals surface area contributed by atoms with Crippen LogP contribution in [0.1, 0.15) is 5.69 Å². The molecule has 0 radical (unpaired) electrons. The zero-order chi connectivity index (χ0) is 19.7. The molecule has 4 rings (SSSR count). The predicted molar refractivity (Wildman–Crippen MR) is 115 cm³/mol. The van der Waals surface area contributed by atoms with Gasteiger partial charge in [0.15, 0.2) is 0 Å². The number of hydrogen-bond acceptors (Lipinski definition) is 4. The molecule has 3 aromatic rings. The fraction of sp³-hybridized carbons (Fsp3) is 0.182. The van der Waals surface area contributed by atoms with Gasteiger partial charge in [-0.15, -0.1) is 0 Å². The minimum Gasteiger partial charge on any atom is -0.397 e. The van der Waals surface area contributed by atoms with E-state index in [9.17, 15) is 4.79 Å². The Balaban J connectivity index is 2.09. The van der Waals surface area contributed by atoms with Crippen LogP contribution in [-0.2, 0) is 6.42 Å². The second-order valence-corrected chi connectivity index (χ2v) is 6.80. The molecule has 28 heavy (non-hydrogen) atoms. The van der Waals surface area contributed by atoms with Crippen molar-refractivity contribution in [2.75, 3.05) is 36.6 Å². The Morgan fingerprint density at radius 1 is 1.07 bits per heavy atom. The third kappa shape index (κ3) is 2.97. The van der Waals surface area contributed by atoms with E-state index in [-0.39, 0.29) is 6.03 Å². The van der Waals surface area contributed by atoms with E-state index in [1.165, 1.54) is 0 Å². The summed E-state index contributed by atoms with van der Waals surface area (Å²) in [5.41, 5.74) is 12.5. The monoisotopic (exact) mass is 373 g/mol. The lowest BCUT2D eigenvalue weighted by Gasteiger charge is -2.22. The van der Waals surface area contributed by atoms with E-state index in [4.69, 9.17) is 10.7 Å². The van der Waals surface area contributed by atoms with Crippen LogP contribution in [0.3, 0.4) is 0 Å². The number of rotatable bonds is 4. The molecular weight excluding hydrogens is 350 g/mol. The molecule has 6 nitrogen and oxygen atoms in total. The number of nitrogens with zero attached hydrogens (tertiary/aromatic N) is 2. The number of aromatic nitrogens is 1. The number of carbonyl (C=O) groups excluding carboxylic acids is 1. The summed E-state index contributed by atoms with van der Waals surface area (Å²) in [6, 6.07) is 17.6. The van der Waals surface area contributed by atoms with Crippen LogP contribution < -0.4 is 21.3 Å². The maximum absolute atomic E-state index is 12.7. The number of fused-ring (bicyclic) bond motifs is 3. The molecule has 0 atom stereocenters. The molecule has 4 N–H and O–H groups in total. The maximum Gasteiger partial charge on any atom is 0.327 e. The Labute approximate surface area is 164 Å². The van der Waals surface area contributed by atoms with Gasteiger partial charge in [-0.3, -0.25) is 4.90 Å². The molecule has 1 aliphatic rings. The van der Waals surface area contributed by atoms with Crippen LogP contribution in [0.15, 0.2) is 54.6 Å². The summed E-state index contributed by atoms with van der Waals surface area (Å²) in [5.74, 6) is 0.613. The number of amides is 2. The molecule has 142 valence electrons. The average molecular weight is 373 g/mol. The minimum atomic E-state index is -0.220. The normalized spacial score (nSPS) is 12.8. The number of carbonyl (C=O) groups is 1. The molecule has 1 aromatic heterocycles. The van der Waals surface area contributed by atoms with Gasteiger partial charge in [-0.2, -0.15) is 0 Å². The summed E-state index contributed by atoms with van der Waals surface area (Å²) in [4.78, 5) is 19.1. The number of nitrogens with one attached hydrogen (secondary N) is 2. The Bertz CT molecular complexity index is 1030. The highest BCUT2D eigenvalue weighted by atomic mass is 16.2. The van der Waals surface area contributed by atoms with Crippen molar-refractivity contribution < 1.29 is 4.79 Å². The van der Waals surface area contributed by atoms with Crippen molar-refractivity contribution in [3.8, 4) is 22.3 Å². The van der Waals surface area contributed by atoms with E-state index in [0.717, 1.165) is 40.2 Å². The molecule has 6 heteroatoms. The standard InChI is InChI=1S/C22H23N5O/c1-24-13-12-17-20(23)18(14-8-4-3-5-9-14)19-15-10-6-7-11-16(15)26-22(28)27(2)21(19)25-17/h3-11,24H,12-13,23H2,1-2H3,(H,26,28). The SMILES string of the molecule is CNCCc1nc2c(c(-c3ccccc3)c1N)-c1ccccc1NC(=O)N2C. The number of urea groups is 1. The Kier molecular flexibility index (Phi) is 4.71. The third-order valence-corrected chi connectivity index (χ3v) is 5.03. The first-order valence-corrected chi connectivity index (χ1v) is 9.28. The van der Waals surface area contributed by atoms with Gasteiger partial charge in [0.25, 0.3) is 0 Å². The van der Waals surface area contributed by atoms with Crippen molar-refractivity contribution in [1.29, 1.82) is 0 Å². The van der Waals surface area contributed by atoms with Crippen LogP contribution in [-0.4, -0.2) is 31.7 Å². The van der Waals surface area contributed by atoms with E-state index in [0.29, 0.717) is 17.9 Å². The van der Waals surface area contributed by atoms with E-state index in [1.807, 2.05) is 61.6 Å². The van der Waals surface area contributed by atoms with Gasteiger partial charge in [0.2, 0.25) is 0 Å². The number of hydrogen-bond donors (Lipinski definition) is 3. The van der Waals surface area contributed by atoms with Gasteiger partial charge in [-0.1, -0.05) is 48.5 Å². The number of pyridine rings is 1. The van der Waals surface area contributed by atoms with Gasteiger partial charge in [0.05, 0.1) is 17.1 Å². The number of likely N-dealkylation sites (N-methyl/N-ethyl adjacent to an activating group) is 1. The highest BCUT2D eigenvalue weighted by Gasteiger charge is 2.29. The number of nitrogen functional groups attached to an aromatic ring is 1. The van der Waals surface area contributed by atoms with Crippen LogP contribution in [0.25, 0.3) is 22.3 Å². The van der Waals surface area contributed by atoms with Crippen molar-refractivity contribution in [3.63, 3.8) is 0 Å². The number of benzene rings is 2. The first-order valence-electron chi connectivity index (χ1n) is 9.28. The van der Waals surface area contributed by atoms with Crippen LogP contribution in [0.4, 0.5) is 22.0 Å². The fourth-order valence-corrected chi connectivity index (χ4v) is 3.58. The molecule has 0 spiro atoms. The van der Waals surface area contributed by atoms with Crippen molar-refractivity contribution in [1.82, 2.24) is 10.3 Å². The van der Waals surface area contributed by atoms with Gasteiger partial charge < -0.3 is 16.4 Å². The molecule has 2 amide bonds. The largest absolute Gasteiger partial charge is 0.397 e. The smallest absolute Gasteiger partial charge is 0.327 e. The molecular formula is C22H23N5O. The predicted octanol–water partition coefficient (Wildman–Crippen LogP) is 3.74. The zero-order valence-corrected chi connectivity index (χ0v) is 16.0. The van der Waals surface area contributed by atoms with Crippen LogP contribution in [0, 0.1) is 0 Å². The number of para-hydroxylation sites is 1. The molecule has 0 aliphatic carbocycles. The minimum absolute atomic E-state index is 0.220. The van der Waals surface area contributed by atoms with Crippen LogP contribution >= 0.6 is 0 Å². The van der Waals surface area contributed by atoms with E-state index in [2.05, 4.69) is 10.6 Å². The quantitative estimate of drug-likeness (QED) is 0.650. The lowest BCUT2D eigenvalue weighted by molar-refractivity contribution is 0.258. The Morgan fingerprint density at radius 2 is 1.79 bits per heavy atom. The van der Waals surface area contributed by atoms with E-state index in [1.54, 1.807) is 11.9 Å². The number of nitrogens with two attached hydrogens (primary N) is 1. The summed E-state index contributed by atoms with van der Waals surface area (Å²) >= 11 is 0. The van der Waals surface area contributed by atoms with Gasteiger partial charge in [-0.25, -0.2) is 9.78 Å². The maximum atomic E-state index is 12.7. The van der Waals surface area contributed by atoms with E-state index >= 15 is 0 Å².